The normalized spacial score (nSPS) is 13.9. The fourth-order valence-electron chi connectivity index (χ4n) is 5.58. The van der Waals surface area contributed by atoms with Crippen LogP contribution in [0.1, 0.15) is 36.8 Å². The molecule has 0 radical (unpaired) electrons. The summed E-state index contributed by atoms with van der Waals surface area (Å²) in [5.74, 6) is -14.3. The van der Waals surface area contributed by atoms with Gasteiger partial charge in [-0.15, -0.1) is 0 Å². The number of benzene rings is 2. The lowest BCUT2D eigenvalue weighted by Gasteiger charge is -2.26. The van der Waals surface area contributed by atoms with Crippen LogP contribution in [0.3, 0.4) is 0 Å². The van der Waals surface area contributed by atoms with E-state index in [1.54, 1.807) is 54.6 Å². The molecule has 1 heterocycles. The van der Waals surface area contributed by atoms with E-state index in [1.165, 1.54) is 6.20 Å². The molecule has 58 heavy (non-hydrogen) atoms. The first-order chi connectivity index (χ1) is 27.3. The lowest BCUT2D eigenvalue weighted by Crippen LogP contribution is -2.60. The third-order valence-corrected chi connectivity index (χ3v) is 8.40. The predicted molar refractivity (Wildman–Crippen MR) is 196 cm³/mol. The lowest BCUT2D eigenvalue weighted by atomic mass is 10.0. The summed E-state index contributed by atoms with van der Waals surface area (Å²) in [6.07, 6.45) is -3.35. The Morgan fingerprint density at radius 3 is 1.40 bits per heavy atom. The van der Waals surface area contributed by atoms with Crippen LogP contribution in [0.2, 0.25) is 0 Å². The second-order valence-electron chi connectivity index (χ2n) is 12.9. The number of aromatic amines is 1. The quantitative estimate of drug-likeness (QED) is 0.0478. The highest BCUT2D eigenvalue weighted by Gasteiger charge is 2.35. The first-order valence-electron chi connectivity index (χ1n) is 17.3. The molecule has 22 nitrogen and oxygen atoms in total. The second-order valence-corrected chi connectivity index (χ2v) is 12.9. The fraction of sp³-hybridized carbons (Fsp3) is 0.333. The maximum atomic E-state index is 13.9. The predicted octanol–water partition coefficient (Wildman–Crippen LogP) is -2.31. The van der Waals surface area contributed by atoms with Gasteiger partial charge in [0.15, 0.2) is 0 Å². The maximum absolute atomic E-state index is 13.9. The minimum absolute atomic E-state index is 0.211. The molecule has 0 saturated heterocycles. The first kappa shape index (κ1) is 45.0. The molecule has 0 saturated carbocycles. The molecule has 6 atom stereocenters. The van der Waals surface area contributed by atoms with Crippen LogP contribution in [-0.4, -0.2) is 126 Å². The summed E-state index contributed by atoms with van der Waals surface area (Å²) in [4.78, 5) is 128. The van der Waals surface area contributed by atoms with Crippen LogP contribution in [0, 0.1) is 0 Å². The van der Waals surface area contributed by atoms with E-state index >= 15 is 0 Å². The van der Waals surface area contributed by atoms with Crippen molar-refractivity contribution in [3.05, 3.63) is 71.9 Å². The van der Waals surface area contributed by atoms with Crippen LogP contribution in [0.25, 0.3) is 10.9 Å². The number of nitrogens with two attached hydrogens (primary N) is 1. The number of hydrogen-bond donors (Lipinski definition) is 12. The molecule has 2 aromatic carbocycles. The van der Waals surface area contributed by atoms with Crippen molar-refractivity contribution in [1.29, 1.82) is 0 Å². The van der Waals surface area contributed by atoms with Gasteiger partial charge in [0, 0.05) is 29.9 Å². The van der Waals surface area contributed by atoms with Gasteiger partial charge in [-0.2, -0.15) is 0 Å². The van der Waals surface area contributed by atoms with E-state index in [9.17, 15) is 68.4 Å². The van der Waals surface area contributed by atoms with Crippen LogP contribution < -0.4 is 32.3 Å². The molecule has 5 amide bonds. The summed E-state index contributed by atoms with van der Waals surface area (Å²) in [6, 6.07) is 3.84. The largest absolute Gasteiger partial charge is 0.481 e. The number of hydrogen-bond acceptors (Lipinski definition) is 11. The topological polar surface area (TPSA) is 374 Å². The van der Waals surface area contributed by atoms with Gasteiger partial charge in [0.25, 0.3) is 0 Å². The summed E-state index contributed by atoms with van der Waals surface area (Å²) >= 11 is 0. The maximum Gasteiger partial charge on any atom is 0.326 e. The Morgan fingerprint density at radius 2 is 0.914 bits per heavy atom. The summed E-state index contributed by atoms with van der Waals surface area (Å²) in [5, 5.41) is 58.4. The van der Waals surface area contributed by atoms with Crippen molar-refractivity contribution >= 4 is 70.3 Å². The zero-order chi connectivity index (χ0) is 43.1. The van der Waals surface area contributed by atoms with Crippen LogP contribution in [0.15, 0.2) is 60.8 Å². The Balaban J connectivity index is 1.93. The number of rotatable bonds is 23. The monoisotopic (exact) mass is 811 g/mol. The Hall–Kier alpha value is -7.36. The zero-order valence-corrected chi connectivity index (χ0v) is 30.4. The van der Waals surface area contributed by atoms with Crippen LogP contribution in [0.4, 0.5) is 0 Å². The van der Waals surface area contributed by atoms with Gasteiger partial charge in [-0.25, -0.2) is 4.79 Å². The van der Waals surface area contributed by atoms with Crippen molar-refractivity contribution in [2.45, 2.75) is 74.8 Å². The number of H-pyrrole nitrogens is 1. The summed E-state index contributed by atoms with van der Waals surface area (Å²) < 4.78 is 0. The Kier molecular flexibility index (Phi) is 16.4. The van der Waals surface area contributed by atoms with Gasteiger partial charge < -0.3 is 62.8 Å². The SMILES string of the molecule is N[C@@H](CC(=O)O)C(=O)N[C@@H](CC(=O)O)C(=O)N[C@@H](CC(=O)O)C(=O)N[C@@H](Cc1c[nH]c2ccccc12)C(=O)N[C@@H](CC(=O)O)C(=O)N[C@@H](Cc1ccccc1)C(=O)O. The number of fused-ring (bicyclic) bond motifs is 1. The van der Waals surface area contributed by atoms with E-state index in [4.69, 9.17) is 10.8 Å². The molecule has 3 aromatic rings. The minimum atomic E-state index is -2.06. The van der Waals surface area contributed by atoms with E-state index in [1.807, 2.05) is 10.6 Å². The third-order valence-electron chi connectivity index (χ3n) is 8.40. The van der Waals surface area contributed by atoms with Gasteiger partial charge in [0.1, 0.15) is 30.2 Å². The molecule has 0 aliphatic carbocycles. The molecule has 0 bridgehead atoms. The molecular weight excluding hydrogens is 770 g/mol. The van der Waals surface area contributed by atoms with Gasteiger partial charge in [-0.1, -0.05) is 48.5 Å². The molecular formula is C36H41N7O15. The Morgan fingerprint density at radius 1 is 0.500 bits per heavy atom. The third kappa shape index (κ3) is 14.1. The number of carbonyl (C=O) groups is 10. The van der Waals surface area contributed by atoms with Gasteiger partial charge in [0.2, 0.25) is 29.5 Å². The van der Waals surface area contributed by atoms with E-state index < -0.39 is 121 Å². The molecule has 0 aliphatic rings. The molecule has 0 fully saturated rings. The zero-order valence-electron chi connectivity index (χ0n) is 30.4. The van der Waals surface area contributed by atoms with Crippen LogP contribution >= 0.6 is 0 Å². The standard InChI is InChI=1S/C36H41N7O15/c37-20(12-27(44)45)31(52)39-23(13-28(46)47)33(54)42-24(14-29(48)49)34(55)40-22(11-18-16-38-21-9-5-4-8-19(18)21)32(53)41-25(15-30(50)51)35(56)43-26(36(57)58)10-17-6-2-1-3-7-17/h1-9,16,20,22-26,38H,10-15,37H2,(H,39,52)(H,40,55)(H,41,53)(H,42,54)(H,43,56)(H,44,45)(H,46,47)(H,48,49)(H,50,51)(H,57,58)/t20-,22-,23-,24-,25-,26-/m0/s1. The summed E-state index contributed by atoms with van der Waals surface area (Å²) in [6.45, 7) is 0. The highest BCUT2D eigenvalue weighted by Crippen LogP contribution is 2.19. The molecule has 1 aromatic heterocycles. The number of aliphatic carboxylic acids is 5. The van der Waals surface area contributed by atoms with Crippen LogP contribution in [-0.2, 0) is 60.8 Å². The highest BCUT2D eigenvalue weighted by molar-refractivity contribution is 5.99. The number of carboxylic acid groups (broad SMARTS) is 5. The van der Waals surface area contributed by atoms with Crippen LogP contribution in [0.5, 0.6) is 0 Å². The molecule has 3 rings (SSSR count). The molecule has 0 unspecified atom stereocenters. The summed E-state index contributed by atoms with van der Waals surface area (Å²) in [7, 11) is 0. The molecule has 22 heteroatoms. The number of aromatic nitrogens is 1. The van der Waals surface area contributed by atoms with Gasteiger partial charge in [-0.05, 0) is 17.2 Å². The Labute approximate surface area is 327 Å². The van der Waals surface area contributed by atoms with Gasteiger partial charge in [0.05, 0.1) is 31.7 Å². The molecule has 0 aliphatic heterocycles. The number of para-hydroxylation sites is 1. The smallest absolute Gasteiger partial charge is 0.326 e. The average molecular weight is 812 g/mol. The van der Waals surface area contributed by atoms with Crippen molar-refractivity contribution in [3.63, 3.8) is 0 Å². The number of carboxylic acids is 5. The van der Waals surface area contributed by atoms with E-state index in [0.29, 0.717) is 22.0 Å². The average Bonchev–Trinajstić information content (AvgIpc) is 3.55. The number of carbonyl (C=O) groups excluding carboxylic acids is 5. The van der Waals surface area contributed by atoms with Crippen molar-refractivity contribution in [3.8, 4) is 0 Å². The molecule has 0 spiro atoms. The molecule has 310 valence electrons. The number of amides is 5. The summed E-state index contributed by atoms with van der Waals surface area (Å²) in [5.41, 5.74) is 6.99. The minimum Gasteiger partial charge on any atom is -0.481 e. The Bertz CT molecular complexity index is 2040. The first-order valence-corrected chi connectivity index (χ1v) is 17.3. The van der Waals surface area contributed by atoms with Crippen molar-refractivity contribution in [2.75, 3.05) is 0 Å². The van der Waals surface area contributed by atoms with Crippen molar-refractivity contribution in [2.24, 2.45) is 5.73 Å². The van der Waals surface area contributed by atoms with Gasteiger partial charge >= 0.3 is 29.8 Å². The van der Waals surface area contributed by atoms with Gasteiger partial charge in [-0.3, -0.25) is 43.2 Å². The highest BCUT2D eigenvalue weighted by atomic mass is 16.4. The number of nitrogens with one attached hydrogen (secondary N) is 6. The second kappa shape index (κ2) is 21.1. The van der Waals surface area contributed by atoms with Crippen molar-refractivity contribution in [1.82, 2.24) is 31.6 Å². The molecule has 13 N–H and O–H groups in total. The van der Waals surface area contributed by atoms with E-state index in [0.717, 1.165) is 0 Å². The van der Waals surface area contributed by atoms with E-state index in [2.05, 4.69) is 20.9 Å². The van der Waals surface area contributed by atoms with Crippen molar-refractivity contribution < 1.29 is 73.5 Å². The lowest BCUT2D eigenvalue weighted by molar-refractivity contribution is -0.144. The fourth-order valence-corrected chi connectivity index (χ4v) is 5.58. The van der Waals surface area contributed by atoms with E-state index in [-0.39, 0.29) is 12.8 Å².